The fourth-order valence-electron chi connectivity index (χ4n) is 2.30. The van der Waals surface area contributed by atoms with Crippen LogP contribution in [0.15, 0.2) is 18.2 Å². The number of rotatable bonds is 3. The van der Waals surface area contributed by atoms with Crippen LogP contribution in [0.3, 0.4) is 0 Å². The normalized spacial score (nSPS) is 21.3. The molecule has 0 aromatic heterocycles. The van der Waals surface area contributed by atoms with Crippen LogP contribution in [0.25, 0.3) is 0 Å². The first-order valence-corrected chi connectivity index (χ1v) is 6.58. The van der Waals surface area contributed by atoms with E-state index >= 15 is 0 Å². The fraction of sp³-hybridized carbons (Fsp3) is 0.533. The molecule has 4 heteroatoms. The molecule has 2 rings (SSSR count). The maximum absolute atomic E-state index is 12.0. The summed E-state index contributed by atoms with van der Waals surface area (Å²) in [6.45, 7) is 6.27. The average molecular weight is 263 g/mol. The first kappa shape index (κ1) is 13.9. The smallest absolute Gasteiger partial charge is 0.338 e. The lowest BCUT2D eigenvalue weighted by Crippen LogP contribution is -2.24. The third-order valence-electron chi connectivity index (χ3n) is 3.44. The van der Waals surface area contributed by atoms with E-state index < -0.39 is 0 Å². The van der Waals surface area contributed by atoms with Crippen molar-refractivity contribution in [2.45, 2.75) is 45.3 Å². The minimum Gasteiger partial charge on any atom is -0.459 e. The van der Waals surface area contributed by atoms with Gasteiger partial charge >= 0.3 is 5.97 Å². The summed E-state index contributed by atoms with van der Waals surface area (Å²) in [5, 5.41) is 0. The molecule has 0 saturated carbocycles. The predicted molar refractivity (Wildman–Crippen MR) is 74.1 cm³/mol. The van der Waals surface area contributed by atoms with Crippen molar-refractivity contribution in [2.75, 3.05) is 12.3 Å². The van der Waals surface area contributed by atoms with Crippen molar-refractivity contribution in [3.63, 3.8) is 0 Å². The van der Waals surface area contributed by atoms with Crippen LogP contribution in [0, 0.1) is 6.92 Å². The number of aryl methyl sites for hydroxylation is 1. The van der Waals surface area contributed by atoms with E-state index in [0.717, 1.165) is 18.4 Å². The van der Waals surface area contributed by atoms with E-state index in [9.17, 15) is 4.79 Å². The van der Waals surface area contributed by atoms with Gasteiger partial charge in [-0.3, -0.25) is 0 Å². The average Bonchev–Trinajstić information content (AvgIpc) is 2.69. The Bertz CT molecular complexity index is 482. The zero-order chi connectivity index (χ0) is 14.0. The van der Waals surface area contributed by atoms with Gasteiger partial charge in [0, 0.05) is 5.69 Å². The SMILES string of the molecule is Cc1ccc(N)cc1C(=O)OCC1CCC(C)(C)O1. The lowest BCUT2D eigenvalue weighted by molar-refractivity contribution is -0.0445. The number of anilines is 1. The maximum atomic E-state index is 12.0. The molecule has 0 bridgehead atoms. The number of ether oxygens (including phenoxy) is 2. The molecule has 4 nitrogen and oxygen atoms in total. The van der Waals surface area contributed by atoms with Gasteiger partial charge in [0.15, 0.2) is 0 Å². The molecule has 0 radical (unpaired) electrons. The third kappa shape index (κ3) is 3.47. The van der Waals surface area contributed by atoms with Crippen molar-refractivity contribution in [1.29, 1.82) is 0 Å². The van der Waals surface area contributed by atoms with E-state index in [1.807, 2.05) is 13.0 Å². The third-order valence-corrected chi connectivity index (χ3v) is 3.44. The van der Waals surface area contributed by atoms with E-state index in [2.05, 4.69) is 13.8 Å². The molecule has 1 atom stereocenters. The second kappa shape index (κ2) is 5.21. The summed E-state index contributed by atoms with van der Waals surface area (Å²) < 4.78 is 11.1. The second-order valence-electron chi connectivity index (χ2n) is 5.71. The molecule has 1 aliphatic heterocycles. The molecule has 19 heavy (non-hydrogen) atoms. The number of nitrogens with two attached hydrogens (primary N) is 1. The summed E-state index contributed by atoms with van der Waals surface area (Å²) in [7, 11) is 0. The Kier molecular flexibility index (Phi) is 3.80. The molecular weight excluding hydrogens is 242 g/mol. The van der Waals surface area contributed by atoms with Gasteiger partial charge in [-0.2, -0.15) is 0 Å². The lowest BCUT2D eigenvalue weighted by Gasteiger charge is -2.19. The first-order chi connectivity index (χ1) is 8.87. The topological polar surface area (TPSA) is 61.6 Å². The van der Waals surface area contributed by atoms with E-state index in [1.54, 1.807) is 12.1 Å². The van der Waals surface area contributed by atoms with Gasteiger partial charge in [-0.1, -0.05) is 6.07 Å². The number of carbonyl (C=O) groups is 1. The Balaban J connectivity index is 1.93. The van der Waals surface area contributed by atoms with Crippen LogP contribution < -0.4 is 5.73 Å². The van der Waals surface area contributed by atoms with Crippen molar-refractivity contribution >= 4 is 11.7 Å². The number of hydrogen-bond acceptors (Lipinski definition) is 4. The van der Waals surface area contributed by atoms with Crippen LogP contribution >= 0.6 is 0 Å². The molecule has 1 aliphatic rings. The molecular formula is C15H21NO3. The Morgan fingerprint density at radius 2 is 2.26 bits per heavy atom. The molecule has 1 unspecified atom stereocenters. The van der Waals surface area contributed by atoms with E-state index in [4.69, 9.17) is 15.2 Å². The number of hydrogen-bond donors (Lipinski definition) is 1. The van der Waals surface area contributed by atoms with E-state index in [-0.39, 0.29) is 17.7 Å². The van der Waals surface area contributed by atoms with Crippen LogP contribution in [-0.2, 0) is 9.47 Å². The van der Waals surface area contributed by atoms with E-state index in [0.29, 0.717) is 17.9 Å². The Hall–Kier alpha value is -1.55. The summed E-state index contributed by atoms with van der Waals surface area (Å²) >= 11 is 0. The van der Waals surface area contributed by atoms with Crippen LogP contribution in [0.5, 0.6) is 0 Å². The van der Waals surface area contributed by atoms with Crippen LogP contribution in [0.1, 0.15) is 42.6 Å². The molecule has 0 aliphatic carbocycles. The maximum Gasteiger partial charge on any atom is 0.338 e. The van der Waals surface area contributed by atoms with Crippen LogP contribution in [0.2, 0.25) is 0 Å². The zero-order valence-electron chi connectivity index (χ0n) is 11.7. The van der Waals surface area contributed by atoms with Crippen LogP contribution in [0.4, 0.5) is 5.69 Å². The van der Waals surface area contributed by atoms with Gasteiger partial charge < -0.3 is 15.2 Å². The highest BCUT2D eigenvalue weighted by Gasteiger charge is 2.32. The minimum absolute atomic E-state index is 0.000292. The number of benzene rings is 1. The summed E-state index contributed by atoms with van der Waals surface area (Å²) in [6, 6.07) is 5.24. The van der Waals surface area contributed by atoms with Crippen molar-refractivity contribution in [1.82, 2.24) is 0 Å². The van der Waals surface area contributed by atoms with Gasteiger partial charge in [-0.25, -0.2) is 4.79 Å². The summed E-state index contributed by atoms with van der Waals surface area (Å²) in [6.07, 6.45) is 1.92. The molecule has 1 heterocycles. The molecule has 1 fully saturated rings. The monoisotopic (exact) mass is 263 g/mol. The molecule has 1 aromatic rings. The second-order valence-corrected chi connectivity index (χ2v) is 5.71. The highest BCUT2D eigenvalue weighted by molar-refractivity contribution is 5.92. The Morgan fingerprint density at radius 1 is 1.53 bits per heavy atom. The number of carbonyl (C=O) groups excluding carboxylic acids is 1. The van der Waals surface area contributed by atoms with Crippen molar-refractivity contribution in [2.24, 2.45) is 0 Å². The largest absolute Gasteiger partial charge is 0.459 e. The highest BCUT2D eigenvalue weighted by Crippen LogP contribution is 2.29. The van der Waals surface area contributed by atoms with E-state index in [1.165, 1.54) is 0 Å². The standard InChI is InChI=1S/C15H21NO3/c1-10-4-5-11(16)8-13(10)14(17)18-9-12-6-7-15(2,3)19-12/h4-5,8,12H,6-7,9,16H2,1-3H3. The Morgan fingerprint density at radius 3 is 2.89 bits per heavy atom. The summed E-state index contributed by atoms with van der Waals surface area (Å²) in [4.78, 5) is 12.0. The van der Waals surface area contributed by atoms with Gasteiger partial charge in [0.1, 0.15) is 6.61 Å². The number of esters is 1. The van der Waals surface area contributed by atoms with Gasteiger partial charge in [0.2, 0.25) is 0 Å². The Labute approximate surface area is 113 Å². The number of nitrogen functional groups attached to an aromatic ring is 1. The molecule has 1 aromatic carbocycles. The highest BCUT2D eigenvalue weighted by atomic mass is 16.6. The van der Waals surface area contributed by atoms with Gasteiger partial charge in [-0.05, 0) is 51.3 Å². The summed E-state index contributed by atoms with van der Waals surface area (Å²) in [5.74, 6) is -0.335. The van der Waals surface area contributed by atoms with Crippen molar-refractivity contribution in [3.05, 3.63) is 29.3 Å². The molecule has 104 valence electrons. The van der Waals surface area contributed by atoms with Gasteiger partial charge in [-0.15, -0.1) is 0 Å². The van der Waals surface area contributed by atoms with Crippen molar-refractivity contribution < 1.29 is 14.3 Å². The minimum atomic E-state index is -0.335. The molecule has 1 saturated heterocycles. The molecule has 0 amide bonds. The quantitative estimate of drug-likeness (QED) is 0.672. The van der Waals surface area contributed by atoms with Gasteiger partial charge in [0.25, 0.3) is 0 Å². The summed E-state index contributed by atoms with van der Waals surface area (Å²) in [5.41, 5.74) is 7.54. The zero-order valence-corrected chi connectivity index (χ0v) is 11.7. The van der Waals surface area contributed by atoms with Crippen LogP contribution in [-0.4, -0.2) is 24.3 Å². The van der Waals surface area contributed by atoms with Crippen molar-refractivity contribution in [3.8, 4) is 0 Å². The first-order valence-electron chi connectivity index (χ1n) is 6.58. The molecule has 2 N–H and O–H groups in total. The lowest BCUT2D eigenvalue weighted by atomic mass is 10.1. The predicted octanol–water partition coefficient (Wildman–Crippen LogP) is 2.69. The molecule has 0 spiro atoms. The van der Waals surface area contributed by atoms with Gasteiger partial charge in [0.05, 0.1) is 17.3 Å². The fourth-order valence-corrected chi connectivity index (χ4v) is 2.30.